The van der Waals surface area contributed by atoms with Crippen molar-refractivity contribution in [1.82, 2.24) is 19.1 Å². The summed E-state index contributed by atoms with van der Waals surface area (Å²) in [6.45, 7) is 3.66. The number of nitrogens with zero attached hydrogens (tertiary/aromatic N) is 4. The Bertz CT molecular complexity index is 432. The molecule has 0 aliphatic carbocycles. The molecule has 0 atom stereocenters. The Kier molecular flexibility index (Phi) is 2.82. The highest BCUT2D eigenvalue weighted by atomic mass is 16.3. The topological polar surface area (TPSA) is 55.9 Å². The fourth-order valence-electron chi connectivity index (χ4n) is 1.52. The van der Waals surface area contributed by atoms with Crippen LogP contribution in [-0.4, -0.2) is 24.2 Å². The van der Waals surface area contributed by atoms with Gasteiger partial charge in [0.1, 0.15) is 5.82 Å². The Morgan fingerprint density at radius 1 is 1.40 bits per heavy atom. The third-order valence-electron chi connectivity index (χ3n) is 2.32. The third-order valence-corrected chi connectivity index (χ3v) is 2.32. The molecule has 0 radical (unpaired) electrons. The Labute approximate surface area is 88.0 Å². The van der Waals surface area contributed by atoms with E-state index in [0.717, 1.165) is 12.4 Å². The van der Waals surface area contributed by atoms with Crippen molar-refractivity contribution in [3.63, 3.8) is 0 Å². The van der Waals surface area contributed by atoms with Gasteiger partial charge in [0.05, 0.1) is 25.2 Å². The van der Waals surface area contributed by atoms with E-state index in [1.165, 1.54) is 0 Å². The van der Waals surface area contributed by atoms with Crippen molar-refractivity contribution in [2.45, 2.75) is 26.6 Å². The second kappa shape index (κ2) is 4.27. The lowest BCUT2D eigenvalue weighted by molar-refractivity contribution is 0.277. The molecule has 0 saturated heterocycles. The summed E-state index contributed by atoms with van der Waals surface area (Å²) in [5.41, 5.74) is 0.685. The van der Waals surface area contributed by atoms with E-state index in [9.17, 15) is 0 Å². The largest absolute Gasteiger partial charge is 0.390 e. The summed E-state index contributed by atoms with van der Waals surface area (Å²) in [4.78, 5) is 8.32. The molecule has 5 heteroatoms. The maximum Gasteiger partial charge on any atom is 0.128 e. The van der Waals surface area contributed by atoms with E-state index in [0.29, 0.717) is 12.2 Å². The molecule has 0 unspecified atom stereocenters. The molecule has 2 aromatic heterocycles. The first-order valence-corrected chi connectivity index (χ1v) is 4.95. The number of aryl methyl sites for hydroxylation is 1. The van der Waals surface area contributed by atoms with Crippen molar-refractivity contribution >= 4 is 0 Å². The van der Waals surface area contributed by atoms with Crippen LogP contribution in [0, 0.1) is 0 Å². The maximum absolute atomic E-state index is 8.88. The Balaban J connectivity index is 2.14. The van der Waals surface area contributed by atoms with E-state index in [-0.39, 0.29) is 6.61 Å². The summed E-state index contributed by atoms with van der Waals surface area (Å²) in [7, 11) is 0. The van der Waals surface area contributed by atoms with Crippen molar-refractivity contribution in [1.29, 1.82) is 0 Å². The van der Waals surface area contributed by atoms with E-state index in [1.807, 2.05) is 17.0 Å². The highest BCUT2D eigenvalue weighted by molar-refractivity contribution is 4.99. The molecule has 80 valence electrons. The molecular weight excluding hydrogens is 192 g/mol. The lowest BCUT2D eigenvalue weighted by Gasteiger charge is -2.04. The fourth-order valence-corrected chi connectivity index (χ4v) is 1.52. The molecule has 2 heterocycles. The summed E-state index contributed by atoms with van der Waals surface area (Å²) < 4.78 is 4.00. The van der Waals surface area contributed by atoms with Gasteiger partial charge in [-0.05, 0) is 6.92 Å². The number of imidazole rings is 2. The van der Waals surface area contributed by atoms with Gasteiger partial charge in [0.25, 0.3) is 0 Å². The molecular formula is C10H14N4O. The quantitative estimate of drug-likeness (QED) is 0.798. The zero-order chi connectivity index (χ0) is 10.7. The van der Waals surface area contributed by atoms with Crippen LogP contribution < -0.4 is 0 Å². The van der Waals surface area contributed by atoms with Gasteiger partial charge in [0, 0.05) is 25.1 Å². The van der Waals surface area contributed by atoms with Crippen LogP contribution in [0.1, 0.15) is 18.4 Å². The van der Waals surface area contributed by atoms with Gasteiger partial charge in [-0.15, -0.1) is 0 Å². The number of aliphatic hydroxyl groups excluding tert-OH is 1. The molecule has 0 aromatic carbocycles. The SMILES string of the molecule is CCn1ccnc1Cn1cnc(CO)c1. The van der Waals surface area contributed by atoms with Crippen molar-refractivity contribution < 1.29 is 5.11 Å². The zero-order valence-electron chi connectivity index (χ0n) is 8.67. The number of aromatic nitrogens is 4. The molecule has 0 aliphatic heterocycles. The second-order valence-electron chi connectivity index (χ2n) is 3.32. The average Bonchev–Trinajstić information content (AvgIpc) is 2.87. The first-order valence-electron chi connectivity index (χ1n) is 4.95. The van der Waals surface area contributed by atoms with E-state index in [1.54, 1.807) is 12.5 Å². The normalized spacial score (nSPS) is 10.8. The van der Waals surface area contributed by atoms with Gasteiger partial charge in [0.2, 0.25) is 0 Å². The average molecular weight is 206 g/mol. The molecule has 15 heavy (non-hydrogen) atoms. The standard InChI is InChI=1S/C10H14N4O/c1-2-14-4-3-11-10(14)6-13-5-9(7-15)12-8-13/h3-5,8,15H,2,6-7H2,1H3. The predicted octanol–water partition coefficient (Wildman–Crippen LogP) is 0.640. The van der Waals surface area contributed by atoms with E-state index in [2.05, 4.69) is 21.5 Å². The van der Waals surface area contributed by atoms with Crippen molar-refractivity contribution in [2.24, 2.45) is 0 Å². The molecule has 0 amide bonds. The monoisotopic (exact) mass is 206 g/mol. The molecule has 0 saturated carbocycles. The highest BCUT2D eigenvalue weighted by Gasteiger charge is 2.03. The van der Waals surface area contributed by atoms with Crippen LogP contribution in [-0.2, 0) is 19.7 Å². The minimum absolute atomic E-state index is 0.0186. The van der Waals surface area contributed by atoms with Crippen LogP contribution in [0.5, 0.6) is 0 Å². The van der Waals surface area contributed by atoms with Gasteiger partial charge >= 0.3 is 0 Å². The summed E-state index contributed by atoms with van der Waals surface area (Å²) in [5.74, 6) is 0.999. The summed E-state index contributed by atoms with van der Waals surface area (Å²) >= 11 is 0. The molecule has 0 aliphatic rings. The Morgan fingerprint density at radius 2 is 2.27 bits per heavy atom. The van der Waals surface area contributed by atoms with Gasteiger partial charge in [-0.1, -0.05) is 0 Å². The lowest BCUT2D eigenvalue weighted by Crippen LogP contribution is -2.05. The second-order valence-corrected chi connectivity index (χ2v) is 3.32. The minimum Gasteiger partial charge on any atom is -0.390 e. The van der Waals surface area contributed by atoms with Gasteiger partial charge in [0.15, 0.2) is 0 Å². The fraction of sp³-hybridized carbons (Fsp3) is 0.400. The van der Waals surface area contributed by atoms with Crippen molar-refractivity contribution in [3.8, 4) is 0 Å². The van der Waals surface area contributed by atoms with Crippen LogP contribution in [0.2, 0.25) is 0 Å². The maximum atomic E-state index is 8.88. The predicted molar refractivity (Wildman–Crippen MR) is 55.2 cm³/mol. The Morgan fingerprint density at radius 3 is 2.93 bits per heavy atom. The lowest BCUT2D eigenvalue weighted by atomic mass is 10.5. The van der Waals surface area contributed by atoms with E-state index >= 15 is 0 Å². The zero-order valence-corrected chi connectivity index (χ0v) is 8.67. The van der Waals surface area contributed by atoms with Crippen molar-refractivity contribution in [3.05, 3.63) is 36.4 Å². The van der Waals surface area contributed by atoms with E-state index < -0.39 is 0 Å². The minimum atomic E-state index is -0.0186. The number of aliphatic hydroxyl groups is 1. The molecule has 0 fully saturated rings. The van der Waals surface area contributed by atoms with E-state index in [4.69, 9.17) is 5.11 Å². The van der Waals surface area contributed by atoms with Crippen LogP contribution in [0.15, 0.2) is 24.9 Å². The smallest absolute Gasteiger partial charge is 0.128 e. The van der Waals surface area contributed by atoms with Gasteiger partial charge < -0.3 is 14.2 Å². The number of hydrogen-bond donors (Lipinski definition) is 1. The van der Waals surface area contributed by atoms with Gasteiger partial charge in [-0.3, -0.25) is 0 Å². The van der Waals surface area contributed by atoms with Gasteiger partial charge in [-0.2, -0.15) is 0 Å². The number of hydrogen-bond acceptors (Lipinski definition) is 3. The van der Waals surface area contributed by atoms with Crippen LogP contribution >= 0.6 is 0 Å². The first-order chi connectivity index (χ1) is 7.33. The molecule has 1 N–H and O–H groups in total. The van der Waals surface area contributed by atoms with Crippen LogP contribution in [0.3, 0.4) is 0 Å². The summed E-state index contributed by atoms with van der Waals surface area (Å²) in [6.07, 6.45) is 7.29. The molecule has 0 spiro atoms. The van der Waals surface area contributed by atoms with Gasteiger partial charge in [-0.25, -0.2) is 9.97 Å². The molecule has 2 rings (SSSR count). The molecule has 0 bridgehead atoms. The first kappa shape index (κ1) is 9.92. The Hall–Kier alpha value is -1.62. The van der Waals surface area contributed by atoms with Crippen LogP contribution in [0.4, 0.5) is 0 Å². The highest BCUT2D eigenvalue weighted by Crippen LogP contribution is 2.02. The summed E-state index contributed by atoms with van der Waals surface area (Å²) in [5, 5.41) is 8.88. The van der Waals surface area contributed by atoms with Crippen molar-refractivity contribution in [2.75, 3.05) is 0 Å². The third kappa shape index (κ3) is 2.07. The molecule has 5 nitrogen and oxygen atoms in total. The number of rotatable bonds is 4. The van der Waals surface area contributed by atoms with Crippen LogP contribution in [0.25, 0.3) is 0 Å². The molecule has 2 aromatic rings. The summed E-state index contributed by atoms with van der Waals surface area (Å²) in [6, 6.07) is 0.